The summed E-state index contributed by atoms with van der Waals surface area (Å²) >= 11 is 1.62. The number of carbonyl (C=O) groups is 1. The Bertz CT molecular complexity index is 829. The molecular formula is C16H18N2O3S2. The lowest BCUT2D eigenvalue weighted by Gasteiger charge is -2.18. The van der Waals surface area contributed by atoms with Gasteiger partial charge in [-0.2, -0.15) is 0 Å². The van der Waals surface area contributed by atoms with Crippen LogP contribution in [0.4, 0.5) is 5.69 Å². The van der Waals surface area contributed by atoms with Crippen LogP contribution in [-0.2, 0) is 23.0 Å². The van der Waals surface area contributed by atoms with Crippen molar-refractivity contribution in [2.45, 2.75) is 13.0 Å². The van der Waals surface area contributed by atoms with E-state index in [1.165, 1.54) is 10.6 Å². The van der Waals surface area contributed by atoms with Gasteiger partial charge in [0.15, 0.2) is 0 Å². The fraction of sp³-hybridized carbons (Fsp3) is 0.312. The van der Waals surface area contributed by atoms with Gasteiger partial charge >= 0.3 is 0 Å². The number of carbonyl (C=O) groups excluding carboxylic acids is 1. The zero-order valence-corrected chi connectivity index (χ0v) is 14.7. The number of amides is 1. The van der Waals surface area contributed by atoms with Crippen molar-refractivity contribution in [3.05, 3.63) is 51.7 Å². The second kappa shape index (κ2) is 5.98. The van der Waals surface area contributed by atoms with Crippen molar-refractivity contribution in [1.82, 2.24) is 4.90 Å². The molecule has 23 heavy (non-hydrogen) atoms. The van der Waals surface area contributed by atoms with Crippen LogP contribution in [0, 0.1) is 0 Å². The van der Waals surface area contributed by atoms with Crippen LogP contribution >= 0.6 is 11.3 Å². The Hall–Kier alpha value is -1.86. The number of rotatable bonds is 4. The van der Waals surface area contributed by atoms with Crippen molar-refractivity contribution in [2.75, 3.05) is 24.2 Å². The zero-order valence-electron chi connectivity index (χ0n) is 13.0. The van der Waals surface area contributed by atoms with Crippen LogP contribution in [-0.4, -0.2) is 39.1 Å². The topological polar surface area (TPSA) is 57.7 Å². The molecule has 0 unspecified atom stereocenters. The minimum absolute atomic E-state index is 0.0565. The second-order valence-electron chi connectivity index (χ2n) is 5.67. The SMILES string of the molecule is CN(Cc1cccs1)C(=O)c1ccc2c(c1)CCN2S(C)(=O)=O. The molecule has 0 N–H and O–H groups in total. The first kappa shape index (κ1) is 16.0. The Balaban J connectivity index is 1.81. The summed E-state index contributed by atoms with van der Waals surface area (Å²) in [5.74, 6) is -0.0565. The van der Waals surface area contributed by atoms with Crippen LogP contribution in [0.5, 0.6) is 0 Å². The molecule has 2 aromatic rings. The van der Waals surface area contributed by atoms with Gasteiger partial charge in [-0.3, -0.25) is 9.10 Å². The predicted octanol–water partition coefficient (Wildman–Crippen LogP) is 2.34. The summed E-state index contributed by atoms with van der Waals surface area (Å²) in [6, 6.07) is 9.22. The number of hydrogen-bond donors (Lipinski definition) is 0. The van der Waals surface area contributed by atoms with E-state index in [0.29, 0.717) is 30.8 Å². The highest BCUT2D eigenvalue weighted by atomic mass is 32.2. The Morgan fingerprint density at radius 3 is 2.78 bits per heavy atom. The largest absolute Gasteiger partial charge is 0.337 e. The predicted molar refractivity (Wildman–Crippen MR) is 92.5 cm³/mol. The fourth-order valence-electron chi connectivity index (χ4n) is 2.78. The van der Waals surface area contributed by atoms with Gasteiger partial charge in [-0.25, -0.2) is 8.42 Å². The van der Waals surface area contributed by atoms with Crippen molar-refractivity contribution in [3.63, 3.8) is 0 Å². The summed E-state index contributed by atoms with van der Waals surface area (Å²) in [7, 11) is -1.48. The minimum Gasteiger partial charge on any atom is -0.337 e. The average molecular weight is 350 g/mol. The monoisotopic (exact) mass is 350 g/mol. The molecule has 2 heterocycles. The molecule has 1 aliphatic rings. The molecule has 0 bridgehead atoms. The molecule has 1 amide bonds. The first-order chi connectivity index (χ1) is 10.9. The Labute approximate surface area is 140 Å². The molecule has 1 aliphatic heterocycles. The molecule has 0 saturated carbocycles. The molecule has 0 aliphatic carbocycles. The Kier molecular flexibility index (Phi) is 4.16. The maximum atomic E-state index is 12.5. The van der Waals surface area contributed by atoms with E-state index in [1.807, 2.05) is 23.6 Å². The number of hydrogen-bond acceptors (Lipinski definition) is 4. The summed E-state index contributed by atoms with van der Waals surface area (Å²) in [5.41, 5.74) is 2.19. The molecule has 1 aromatic carbocycles. The van der Waals surface area contributed by atoms with Gasteiger partial charge < -0.3 is 4.90 Å². The van der Waals surface area contributed by atoms with E-state index in [2.05, 4.69) is 0 Å². The highest BCUT2D eigenvalue weighted by molar-refractivity contribution is 7.92. The highest BCUT2D eigenvalue weighted by Crippen LogP contribution is 2.31. The van der Waals surface area contributed by atoms with Crippen molar-refractivity contribution < 1.29 is 13.2 Å². The van der Waals surface area contributed by atoms with Crippen LogP contribution in [0.1, 0.15) is 20.8 Å². The number of nitrogens with zero attached hydrogens (tertiary/aromatic N) is 2. The van der Waals surface area contributed by atoms with Crippen LogP contribution in [0.25, 0.3) is 0 Å². The normalized spacial score (nSPS) is 13.9. The van der Waals surface area contributed by atoms with Crippen LogP contribution in [0.15, 0.2) is 35.7 Å². The third-order valence-electron chi connectivity index (χ3n) is 3.90. The first-order valence-electron chi connectivity index (χ1n) is 7.25. The molecule has 0 atom stereocenters. The lowest BCUT2D eigenvalue weighted by Crippen LogP contribution is -2.27. The van der Waals surface area contributed by atoms with Gasteiger partial charge in [-0.1, -0.05) is 6.07 Å². The third-order valence-corrected chi connectivity index (χ3v) is 5.94. The second-order valence-corrected chi connectivity index (χ2v) is 8.61. The number of benzene rings is 1. The van der Waals surface area contributed by atoms with E-state index >= 15 is 0 Å². The van der Waals surface area contributed by atoms with Crippen LogP contribution in [0.2, 0.25) is 0 Å². The molecule has 1 aromatic heterocycles. The summed E-state index contributed by atoms with van der Waals surface area (Å²) in [6.45, 7) is 1.01. The van der Waals surface area contributed by atoms with E-state index in [9.17, 15) is 13.2 Å². The van der Waals surface area contributed by atoms with Crippen molar-refractivity contribution >= 4 is 33.0 Å². The van der Waals surface area contributed by atoms with Gasteiger partial charge in [0.05, 0.1) is 18.5 Å². The van der Waals surface area contributed by atoms with E-state index in [-0.39, 0.29) is 5.91 Å². The number of anilines is 1. The molecule has 5 nitrogen and oxygen atoms in total. The molecule has 0 spiro atoms. The lowest BCUT2D eigenvalue weighted by molar-refractivity contribution is 0.0786. The number of sulfonamides is 1. The smallest absolute Gasteiger partial charge is 0.253 e. The van der Waals surface area contributed by atoms with E-state index in [4.69, 9.17) is 0 Å². The van der Waals surface area contributed by atoms with Crippen LogP contribution in [0.3, 0.4) is 0 Å². The quantitative estimate of drug-likeness (QED) is 0.850. The average Bonchev–Trinajstić information content (AvgIpc) is 3.13. The molecule has 0 saturated heterocycles. The van der Waals surface area contributed by atoms with Gasteiger partial charge in [0.1, 0.15) is 0 Å². The van der Waals surface area contributed by atoms with Gasteiger partial charge in [0, 0.05) is 24.0 Å². The molecule has 3 rings (SSSR count). The molecule has 7 heteroatoms. The summed E-state index contributed by atoms with van der Waals surface area (Å²) in [6.07, 6.45) is 1.84. The Morgan fingerprint density at radius 2 is 2.13 bits per heavy atom. The van der Waals surface area contributed by atoms with E-state index in [0.717, 1.165) is 10.4 Å². The third kappa shape index (κ3) is 3.25. The van der Waals surface area contributed by atoms with Gasteiger partial charge in [0.2, 0.25) is 10.0 Å². The van der Waals surface area contributed by atoms with E-state index < -0.39 is 10.0 Å². The maximum Gasteiger partial charge on any atom is 0.253 e. The first-order valence-corrected chi connectivity index (χ1v) is 9.97. The lowest BCUT2D eigenvalue weighted by atomic mass is 10.1. The molecular weight excluding hydrogens is 332 g/mol. The van der Waals surface area contributed by atoms with Gasteiger partial charge in [0.25, 0.3) is 5.91 Å². The number of fused-ring (bicyclic) bond motifs is 1. The van der Waals surface area contributed by atoms with Crippen molar-refractivity contribution in [3.8, 4) is 0 Å². The van der Waals surface area contributed by atoms with Crippen molar-refractivity contribution in [2.24, 2.45) is 0 Å². The molecule has 0 fully saturated rings. The fourth-order valence-corrected chi connectivity index (χ4v) is 4.49. The maximum absolute atomic E-state index is 12.5. The summed E-state index contributed by atoms with van der Waals surface area (Å²) < 4.78 is 24.9. The van der Waals surface area contributed by atoms with E-state index in [1.54, 1.807) is 35.4 Å². The highest BCUT2D eigenvalue weighted by Gasteiger charge is 2.27. The van der Waals surface area contributed by atoms with Crippen LogP contribution < -0.4 is 4.31 Å². The zero-order chi connectivity index (χ0) is 16.6. The van der Waals surface area contributed by atoms with Crippen molar-refractivity contribution in [1.29, 1.82) is 0 Å². The van der Waals surface area contributed by atoms with Gasteiger partial charge in [-0.05, 0) is 41.6 Å². The standard InChI is InChI=1S/C16H18N2O3S2/c1-17(11-14-4-3-9-22-14)16(19)13-5-6-15-12(10-13)7-8-18(15)23(2,20)21/h3-6,9-10H,7-8,11H2,1-2H3. The van der Waals surface area contributed by atoms with Gasteiger partial charge in [-0.15, -0.1) is 11.3 Å². The Morgan fingerprint density at radius 1 is 1.35 bits per heavy atom. The summed E-state index contributed by atoms with van der Waals surface area (Å²) in [5, 5.41) is 1.99. The number of thiophene rings is 1. The molecule has 122 valence electrons. The molecule has 0 radical (unpaired) electrons. The minimum atomic E-state index is -3.26. The summed E-state index contributed by atoms with van der Waals surface area (Å²) in [4.78, 5) is 15.4.